The number of nitrogens with zero attached hydrogens (tertiary/aromatic N) is 2. The molecule has 110 valence electrons. The molecule has 0 amide bonds. The molecule has 4 heteroatoms. The maximum atomic E-state index is 5.84. The van der Waals surface area contributed by atoms with Crippen LogP contribution in [0.15, 0.2) is 18.2 Å². The Hall–Kier alpha value is -1.55. The van der Waals surface area contributed by atoms with Crippen LogP contribution >= 0.6 is 0 Å². The molecule has 2 N–H and O–H groups in total. The molecule has 1 aromatic carbocycles. The van der Waals surface area contributed by atoms with Crippen LogP contribution in [0.5, 0.6) is 5.75 Å². The van der Waals surface area contributed by atoms with E-state index in [9.17, 15) is 0 Å². The molecule has 0 bridgehead atoms. The van der Waals surface area contributed by atoms with E-state index in [4.69, 9.17) is 15.5 Å². The van der Waals surface area contributed by atoms with Gasteiger partial charge in [-0.05, 0) is 31.0 Å². The van der Waals surface area contributed by atoms with Crippen molar-refractivity contribution >= 4 is 11.0 Å². The van der Waals surface area contributed by atoms with Crippen LogP contribution in [0.3, 0.4) is 0 Å². The van der Waals surface area contributed by atoms with Crippen molar-refractivity contribution in [3.63, 3.8) is 0 Å². The van der Waals surface area contributed by atoms with Crippen molar-refractivity contribution in [2.45, 2.75) is 39.7 Å². The van der Waals surface area contributed by atoms with Gasteiger partial charge in [-0.3, -0.25) is 0 Å². The average molecular weight is 275 g/mol. The number of methoxy groups -OCH3 is 1. The third-order valence-corrected chi connectivity index (χ3v) is 3.86. The van der Waals surface area contributed by atoms with Gasteiger partial charge in [-0.25, -0.2) is 4.98 Å². The summed E-state index contributed by atoms with van der Waals surface area (Å²) in [6.07, 6.45) is 3.14. The zero-order valence-electron chi connectivity index (χ0n) is 12.7. The van der Waals surface area contributed by atoms with Gasteiger partial charge < -0.3 is 15.0 Å². The summed E-state index contributed by atoms with van der Waals surface area (Å²) >= 11 is 0. The standard InChI is InChI=1S/C16H25N3O/c1-4-8-19-15-7-6-13(20-3)10-14(15)18-16(19)9-12(5-2)11-17/h6-7,10,12H,4-5,8-9,11,17H2,1-3H3. The molecular weight excluding hydrogens is 250 g/mol. The van der Waals surface area contributed by atoms with E-state index in [1.807, 2.05) is 12.1 Å². The van der Waals surface area contributed by atoms with E-state index in [1.165, 1.54) is 5.52 Å². The number of aromatic nitrogens is 2. The molecule has 0 aliphatic rings. The van der Waals surface area contributed by atoms with Crippen molar-refractivity contribution < 1.29 is 4.74 Å². The van der Waals surface area contributed by atoms with Gasteiger partial charge in [0, 0.05) is 19.0 Å². The van der Waals surface area contributed by atoms with Crippen molar-refractivity contribution in [2.24, 2.45) is 11.7 Å². The highest BCUT2D eigenvalue weighted by atomic mass is 16.5. The molecule has 0 aliphatic heterocycles. The Balaban J connectivity index is 2.43. The summed E-state index contributed by atoms with van der Waals surface area (Å²) in [5, 5.41) is 0. The van der Waals surface area contributed by atoms with Crippen LogP contribution in [0.2, 0.25) is 0 Å². The topological polar surface area (TPSA) is 53.1 Å². The van der Waals surface area contributed by atoms with E-state index in [-0.39, 0.29) is 0 Å². The fraction of sp³-hybridized carbons (Fsp3) is 0.562. The first kappa shape index (κ1) is 14.9. The molecular formula is C16H25N3O. The third kappa shape index (κ3) is 2.96. The molecule has 0 fully saturated rings. The first-order valence-electron chi connectivity index (χ1n) is 7.46. The summed E-state index contributed by atoms with van der Waals surface area (Å²) in [4.78, 5) is 4.80. The highest BCUT2D eigenvalue weighted by Gasteiger charge is 2.14. The van der Waals surface area contributed by atoms with Crippen LogP contribution in [0.1, 0.15) is 32.5 Å². The van der Waals surface area contributed by atoms with Crippen LogP contribution in [0, 0.1) is 5.92 Å². The quantitative estimate of drug-likeness (QED) is 0.845. The molecule has 4 nitrogen and oxygen atoms in total. The van der Waals surface area contributed by atoms with E-state index in [2.05, 4.69) is 24.5 Å². The number of nitrogens with two attached hydrogens (primary N) is 1. The minimum absolute atomic E-state index is 0.504. The molecule has 1 atom stereocenters. The minimum atomic E-state index is 0.504. The Morgan fingerprint density at radius 2 is 2.15 bits per heavy atom. The molecule has 1 unspecified atom stereocenters. The molecule has 0 radical (unpaired) electrons. The van der Waals surface area contributed by atoms with Gasteiger partial charge >= 0.3 is 0 Å². The van der Waals surface area contributed by atoms with Gasteiger partial charge in [0.25, 0.3) is 0 Å². The normalized spacial score (nSPS) is 12.8. The molecule has 2 rings (SSSR count). The molecule has 2 aromatic rings. The van der Waals surface area contributed by atoms with E-state index >= 15 is 0 Å². The lowest BCUT2D eigenvalue weighted by Crippen LogP contribution is -2.18. The van der Waals surface area contributed by atoms with Crippen molar-refractivity contribution in [2.75, 3.05) is 13.7 Å². The van der Waals surface area contributed by atoms with Gasteiger partial charge in [-0.1, -0.05) is 20.3 Å². The van der Waals surface area contributed by atoms with Gasteiger partial charge in [0.05, 0.1) is 18.1 Å². The molecule has 0 spiro atoms. The summed E-state index contributed by atoms with van der Waals surface area (Å²) in [7, 11) is 1.69. The highest BCUT2D eigenvalue weighted by Crippen LogP contribution is 2.24. The Morgan fingerprint density at radius 3 is 2.75 bits per heavy atom. The predicted octanol–water partition coefficient (Wildman–Crippen LogP) is 2.98. The Kier molecular flexibility index (Phi) is 5.01. The van der Waals surface area contributed by atoms with Gasteiger partial charge in [0.15, 0.2) is 0 Å². The summed E-state index contributed by atoms with van der Waals surface area (Å²) in [6.45, 7) is 6.10. The molecule has 20 heavy (non-hydrogen) atoms. The van der Waals surface area contributed by atoms with Crippen LogP contribution in [0.4, 0.5) is 0 Å². The van der Waals surface area contributed by atoms with Gasteiger partial charge in [-0.2, -0.15) is 0 Å². The monoisotopic (exact) mass is 275 g/mol. The fourth-order valence-electron chi connectivity index (χ4n) is 2.57. The van der Waals surface area contributed by atoms with Gasteiger partial charge in [-0.15, -0.1) is 0 Å². The number of fused-ring (bicyclic) bond motifs is 1. The number of aryl methyl sites for hydroxylation is 1. The first-order valence-corrected chi connectivity index (χ1v) is 7.46. The largest absolute Gasteiger partial charge is 0.497 e. The maximum absolute atomic E-state index is 5.84. The lowest BCUT2D eigenvalue weighted by Gasteiger charge is -2.13. The molecule has 0 saturated carbocycles. The van der Waals surface area contributed by atoms with Crippen molar-refractivity contribution in [3.05, 3.63) is 24.0 Å². The number of imidazole rings is 1. The van der Waals surface area contributed by atoms with E-state index < -0.39 is 0 Å². The minimum Gasteiger partial charge on any atom is -0.497 e. The number of hydrogen-bond donors (Lipinski definition) is 1. The van der Waals surface area contributed by atoms with Gasteiger partial charge in [0.2, 0.25) is 0 Å². The van der Waals surface area contributed by atoms with Gasteiger partial charge in [0.1, 0.15) is 11.6 Å². The molecule has 1 aromatic heterocycles. The molecule has 0 saturated heterocycles. The highest BCUT2D eigenvalue weighted by molar-refractivity contribution is 5.77. The Labute approximate surface area is 120 Å². The second kappa shape index (κ2) is 6.75. The van der Waals surface area contributed by atoms with Crippen molar-refractivity contribution in [3.8, 4) is 5.75 Å². The zero-order valence-corrected chi connectivity index (χ0v) is 12.7. The second-order valence-corrected chi connectivity index (χ2v) is 5.25. The van der Waals surface area contributed by atoms with E-state index in [0.717, 1.165) is 49.4 Å². The molecule has 0 aliphatic carbocycles. The summed E-state index contributed by atoms with van der Waals surface area (Å²) in [5.74, 6) is 2.51. The van der Waals surface area contributed by atoms with Crippen molar-refractivity contribution in [1.82, 2.24) is 9.55 Å². The number of hydrogen-bond acceptors (Lipinski definition) is 3. The van der Waals surface area contributed by atoms with Crippen LogP contribution < -0.4 is 10.5 Å². The predicted molar refractivity (Wildman–Crippen MR) is 83.1 cm³/mol. The second-order valence-electron chi connectivity index (χ2n) is 5.25. The Morgan fingerprint density at radius 1 is 1.35 bits per heavy atom. The maximum Gasteiger partial charge on any atom is 0.121 e. The summed E-state index contributed by atoms with van der Waals surface area (Å²) < 4.78 is 7.61. The van der Waals surface area contributed by atoms with Crippen LogP contribution in [-0.2, 0) is 13.0 Å². The van der Waals surface area contributed by atoms with Crippen LogP contribution in [-0.4, -0.2) is 23.2 Å². The third-order valence-electron chi connectivity index (χ3n) is 3.86. The smallest absolute Gasteiger partial charge is 0.121 e. The van der Waals surface area contributed by atoms with E-state index in [0.29, 0.717) is 5.92 Å². The Bertz CT molecular complexity index is 558. The number of ether oxygens (including phenoxy) is 1. The zero-order chi connectivity index (χ0) is 14.5. The SMILES string of the molecule is CCCn1c(CC(CC)CN)nc2cc(OC)ccc21. The lowest BCUT2D eigenvalue weighted by molar-refractivity contribution is 0.415. The average Bonchev–Trinajstić information content (AvgIpc) is 2.82. The first-order chi connectivity index (χ1) is 9.73. The van der Waals surface area contributed by atoms with E-state index in [1.54, 1.807) is 7.11 Å². The van der Waals surface area contributed by atoms with Crippen LogP contribution in [0.25, 0.3) is 11.0 Å². The number of rotatable bonds is 7. The summed E-state index contributed by atoms with van der Waals surface area (Å²) in [5.41, 5.74) is 8.04. The fourth-order valence-corrected chi connectivity index (χ4v) is 2.57. The number of benzene rings is 1. The molecule has 1 heterocycles. The summed E-state index contributed by atoms with van der Waals surface area (Å²) in [6, 6.07) is 6.11. The van der Waals surface area contributed by atoms with Crippen molar-refractivity contribution in [1.29, 1.82) is 0 Å². The lowest BCUT2D eigenvalue weighted by atomic mass is 10.0.